The highest BCUT2D eigenvalue weighted by atomic mass is 35.5. The lowest BCUT2D eigenvalue weighted by Gasteiger charge is -2.39. The van der Waals surface area contributed by atoms with Crippen LogP contribution in [0.25, 0.3) is 0 Å². The summed E-state index contributed by atoms with van der Waals surface area (Å²) in [5, 5.41) is 13.5. The highest BCUT2D eigenvalue weighted by molar-refractivity contribution is 6.42. The molecular weight excluding hydrogens is 469 g/mol. The van der Waals surface area contributed by atoms with Gasteiger partial charge >= 0.3 is 6.03 Å². The molecule has 0 bridgehead atoms. The van der Waals surface area contributed by atoms with Gasteiger partial charge in [-0.25, -0.2) is 4.79 Å². The van der Waals surface area contributed by atoms with E-state index in [1.54, 1.807) is 18.2 Å². The first-order valence-electron chi connectivity index (χ1n) is 11.9. The molecule has 0 radical (unpaired) electrons. The molecule has 0 aliphatic carbocycles. The van der Waals surface area contributed by atoms with E-state index in [-0.39, 0.29) is 11.9 Å². The van der Waals surface area contributed by atoms with E-state index in [2.05, 4.69) is 21.2 Å². The van der Waals surface area contributed by atoms with Crippen LogP contribution >= 0.6 is 23.2 Å². The fraction of sp³-hybridized carbons (Fsp3) is 0.462. The van der Waals surface area contributed by atoms with Gasteiger partial charge in [0.2, 0.25) is 0 Å². The van der Waals surface area contributed by atoms with Gasteiger partial charge in [-0.3, -0.25) is 4.90 Å². The van der Waals surface area contributed by atoms with Gasteiger partial charge in [0, 0.05) is 51.5 Å². The maximum absolute atomic E-state index is 12.6. The summed E-state index contributed by atoms with van der Waals surface area (Å²) in [7, 11) is 0. The van der Waals surface area contributed by atoms with Crippen LogP contribution in [-0.4, -0.2) is 73.1 Å². The minimum absolute atomic E-state index is 0.0856. The van der Waals surface area contributed by atoms with Crippen LogP contribution < -0.4 is 5.32 Å². The molecule has 2 saturated heterocycles. The van der Waals surface area contributed by atoms with Crippen LogP contribution in [0.3, 0.4) is 0 Å². The van der Waals surface area contributed by atoms with Crippen LogP contribution in [-0.2, 0) is 0 Å². The van der Waals surface area contributed by atoms with Gasteiger partial charge in [-0.2, -0.15) is 5.26 Å². The van der Waals surface area contributed by atoms with Gasteiger partial charge < -0.3 is 15.1 Å². The molecule has 2 aromatic rings. The number of nitrogens with zero attached hydrogens (tertiary/aromatic N) is 4. The average molecular weight is 500 g/mol. The van der Waals surface area contributed by atoms with Crippen molar-refractivity contribution in [3.63, 3.8) is 0 Å². The predicted octanol–water partition coefficient (Wildman–Crippen LogP) is 5.16. The minimum atomic E-state index is -0.106. The van der Waals surface area contributed by atoms with Crippen molar-refractivity contribution < 1.29 is 4.79 Å². The number of likely N-dealkylation sites (tertiary alicyclic amines) is 1. The van der Waals surface area contributed by atoms with Gasteiger partial charge in [0.25, 0.3) is 0 Å². The third kappa shape index (κ3) is 6.64. The molecule has 1 unspecified atom stereocenters. The highest BCUT2D eigenvalue weighted by Crippen LogP contribution is 2.26. The molecule has 2 aliphatic rings. The molecule has 2 aromatic carbocycles. The number of piperazine rings is 1. The Labute approximate surface area is 212 Å². The second kappa shape index (κ2) is 11.9. The highest BCUT2D eigenvalue weighted by Gasteiger charge is 2.27. The molecule has 6 nitrogen and oxygen atoms in total. The number of rotatable bonds is 6. The summed E-state index contributed by atoms with van der Waals surface area (Å²) in [4.78, 5) is 19.4. The smallest absolute Gasteiger partial charge is 0.321 e. The number of urea groups is 1. The first kappa shape index (κ1) is 24.8. The summed E-state index contributed by atoms with van der Waals surface area (Å²) < 4.78 is 0. The van der Waals surface area contributed by atoms with Gasteiger partial charge in [0.05, 0.1) is 22.0 Å². The molecule has 2 aliphatic heterocycles. The molecule has 2 amide bonds. The third-order valence-electron chi connectivity index (χ3n) is 6.75. The number of carbonyl (C=O) groups excluding carboxylic acids is 1. The first-order chi connectivity index (χ1) is 16.5. The van der Waals surface area contributed by atoms with E-state index in [1.165, 1.54) is 12.8 Å². The van der Waals surface area contributed by atoms with Crippen molar-refractivity contribution in [2.45, 2.75) is 18.8 Å². The summed E-state index contributed by atoms with van der Waals surface area (Å²) in [6, 6.07) is 17.6. The standard InChI is InChI=1S/C26H31Cl2N5O/c27-24-9-8-23(15-25(24)28)30-26(34)33-13-11-31(12-14-33)17-20-5-4-10-32(18-20)19-22(16-29)21-6-2-1-3-7-21/h1-3,6-9,15,20,22H,4-5,10-14,17-19H2,(H,30,34)/t20-,22?/m0/s1. The van der Waals surface area contributed by atoms with E-state index in [1.807, 2.05) is 35.2 Å². The van der Waals surface area contributed by atoms with Gasteiger partial charge in [0.1, 0.15) is 0 Å². The molecule has 1 N–H and O–H groups in total. The molecule has 8 heteroatoms. The number of halogens is 2. The van der Waals surface area contributed by atoms with E-state index in [0.717, 1.165) is 44.8 Å². The fourth-order valence-electron chi connectivity index (χ4n) is 4.91. The number of benzene rings is 2. The molecule has 2 heterocycles. The molecule has 0 spiro atoms. The minimum Gasteiger partial charge on any atom is -0.322 e. The lowest BCUT2D eigenvalue weighted by molar-refractivity contribution is 0.100. The average Bonchev–Trinajstić information content (AvgIpc) is 2.86. The molecular formula is C26H31Cl2N5O. The van der Waals surface area contributed by atoms with E-state index in [9.17, 15) is 10.1 Å². The number of anilines is 1. The maximum atomic E-state index is 12.6. The van der Waals surface area contributed by atoms with Gasteiger partial charge in [-0.15, -0.1) is 0 Å². The summed E-state index contributed by atoms with van der Waals surface area (Å²) in [6.07, 6.45) is 2.39. The monoisotopic (exact) mass is 499 g/mol. The number of nitriles is 1. The number of carbonyl (C=O) groups is 1. The number of nitrogens with one attached hydrogen (secondary N) is 1. The Morgan fingerprint density at radius 3 is 2.50 bits per heavy atom. The Morgan fingerprint density at radius 1 is 1.03 bits per heavy atom. The van der Waals surface area contributed by atoms with Crippen molar-refractivity contribution in [3.05, 3.63) is 64.1 Å². The van der Waals surface area contributed by atoms with E-state index < -0.39 is 0 Å². The van der Waals surface area contributed by atoms with E-state index in [0.29, 0.717) is 34.7 Å². The van der Waals surface area contributed by atoms with Crippen LogP contribution in [0.4, 0.5) is 10.5 Å². The van der Waals surface area contributed by atoms with Crippen LogP contribution in [0.15, 0.2) is 48.5 Å². The van der Waals surface area contributed by atoms with E-state index in [4.69, 9.17) is 23.2 Å². The van der Waals surface area contributed by atoms with Crippen molar-refractivity contribution in [1.29, 1.82) is 5.26 Å². The lowest BCUT2D eigenvalue weighted by Crippen LogP contribution is -2.52. The second-order valence-electron chi connectivity index (χ2n) is 9.21. The quantitative estimate of drug-likeness (QED) is 0.595. The number of hydrogen-bond donors (Lipinski definition) is 1. The molecule has 34 heavy (non-hydrogen) atoms. The first-order valence-corrected chi connectivity index (χ1v) is 12.7. The van der Waals surface area contributed by atoms with Crippen LogP contribution in [0.5, 0.6) is 0 Å². The summed E-state index contributed by atoms with van der Waals surface area (Å²) >= 11 is 12.0. The van der Waals surface area contributed by atoms with Gasteiger partial charge in [0.15, 0.2) is 0 Å². The largest absolute Gasteiger partial charge is 0.322 e. The molecule has 0 saturated carbocycles. The van der Waals surface area contributed by atoms with Crippen LogP contribution in [0.1, 0.15) is 24.3 Å². The van der Waals surface area contributed by atoms with Crippen molar-refractivity contribution in [2.24, 2.45) is 5.92 Å². The Kier molecular flexibility index (Phi) is 8.69. The second-order valence-corrected chi connectivity index (χ2v) is 10.0. The van der Waals surface area contributed by atoms with Crippen LogP contribution in [0, 0.1) is 17.2 Å². The predicted molar refractivity (Wildman–Crippen MR) is 137 cm³/mol. The Bertz CT molecular complexity index is 1000. The molecule has 4 rings (SSSR count). The van der Waals surface area contributed by atoms with E-state index >= 15 is 0 Å². The zero-order valence-corrected chi connectivity index (χ0v) is 20.8. The fourth-order valence-corrected chi connectivity index (χ4v) is 5.20. The summed E-state index contributed by atoms with van der Waals surface area (Å²) in [6.45, 7) is 7.07. The van der Waals surface area contributed by atoms with Gasteiger partial charge in [-0.1, -0.05) is 53.5 Å². The normalized spacial score (nSPS) is 20.5. The van der Waals surface area contributed by atoms with Crippen molar-refractivity contribution in [2.75, 3.05) is 57.7 Å². The Balaban J connectivity index is 1.22. The lowest BCUT2D eigenvalue weighted by atomic mass is 9.94. The topological polar surface area (TPSA) is 62.6 Å². The van der Waals surface area contributed by atoms with Crippen molar-refractivity contribution in [1.82, 2.24) is 14.7 Å². The Morgan fingerprint density at radius 2 is 1.79 bits per heavy atom. The number of hydrogen-bond acceptors (Lipinski definition) is 4. The zero-order chi connectivity index (χ0) is 23.9. The molecule has 0 aromatic heterocycles. The molecule has 180 valence electrons. The zero-order valence-electron chi connectivity index (χ0n) is 19.3. The molecule has 2 atom stereocenters. The SMILES string of the molecule is N#CC(CN1CCC[C@@H](CN2CCN(C(=O)Nc3ccc(Cl)c(Cl)c3)CC2)C1)c1ccccc1. The van der Waals surface area contributed by atoms with Crippen molar-refractivity contribution >= 4 is 34.9 Å². The van der Waals surface area contributed by atoms with Gasteiger partial charge in [-0.05, 0) is 49.1 Å². The van der Waals surface area contributed by atoms with Crippen molar-refractivity contribution in [3.8, 4) is 6.07 Å². The third-order valence-corrected chi connectivity index (χ3v) is 7.49. The summed E-state index contributed by atoms with van der Waals surface area (Å²) in [5.41, 5.74) is 1.75. The maximum Gasteiger partial charge on any atom is 0.321 e. The number of piperidine rings is 1. The number of amides is 2. The van der Waals surface area contributed by atoms with Crippen LogP contribution in [0.2, 0.25) is 10.0 Å². The Hall–Kier alpha value is -2.30. The summed E-state index contributed by atoms with van der Waals surface area (Å²) in [5.74, 6) is 0.512. The molecule has 2 fully saturated rings.